The molecule has 0 spiro atoms. The predicted octanol–water partition coefficient (Wildman–Crippen LogP) is 8.66. The first kappa shape index (κ1) is 24.1. The summed E-state index contributed by atoms with van der Waals surface area (Å²) in [7, 11) is 0. The van der Waals surface area contributed by atoms with Crippen molar-refractivity contribution < 1.29 is 0 Å². The van der Waals surface area contributed by atoms with E-state index in [0.717, 1.165) is 22.1 Å². The molecule has 2 N–H and O–H groups in total. The smallest absolute Gasteiger partial charge is 0.0817 e. The van der Waals surface area contributed by atoms with E-state index < -0.39 is 0 Å². The predicted molar refractivity (Wildman–Crippen MR) is 172 cm³/mol. The van der Waals surface area contributed by atoms with Crippen LogP contribution in [-0.4, -0.2) is 9.97 Å². The Hall–Kier alpha value is -5.74. The summed E-state index contributed by atoms with van der Waals surface area (Å²) in [5.74, 6) is 0. The SMILES string of the molecule is c1ccc2[nH]ccc2c1.c1ccc2c(c1)N=c1ccc3c(c1-2)N=c1ccccc1=3.c1ccc2c(c1)[nH]c1ccccc12. The molecule has 8 aromatic rings. The second-order valence-electron chi connectivity index (χ2n) is 10.4. The number of aromatic amines is 2. The zero-order chi connectivity index (χ0) is 27.9. The fraction of sp³-hybridized carbons (Fsp3) is 0. The van der Waals surface area contributed by atoms with Gasteiger partial charge in [0.2, 0.25) is 0 Å². The topological polar surface area (TPSA) is 56.3 Å². The third-order valence-electron chi connectivity index (χ3n) is 7.87. The van der Waals surface area contributed by atoms with Gasteiger partial charge in [-0.25, -0.2) is 9.98 Å². The number of hydrogen-bond donors (Lipinski definition) is 2. The molecule has 0 amide bonds. The fourth-order valence-corrected chi connectivity index (χ4v) is 5.90. The minimum Gasteiger partial charge on any atom is -0.361 e. The van der Waals surface area contributed by atoms with E-state index in [2.05, 4.69) is 125 Å². The highest BCUT2D eigenvalue weighted by Crippen LogP contribution is 2.38. The molecule has 42 heavy (non-hydrogen) atoms. The van der Waals surface area contributed by atoms with Gasteiger partial charge in [-0.15, -0.1) is 0 Å². The van der Waals surface area contributed by atoms with Crippen molar-refractivity contribution in [3.05, 3.63) is 167 Å². The van der Waals surface area contributed by atoms with Crippen molar-refractivity contribution >= 4 is 44.1 Å². The van der Waals surface area contributed by atoms with Crippen LogP contribution in [0, 0.1) is 10.4 Å². The molecule has 198 valence electrons. The molecule has 2 aromatic heterocycles. The third kappa shape index (κ3) is 4.09. The molecular weight excluding hydrogens is 512 g/mol. The Morgan fingerprint density at radius 1 is 0.452 bits per heavy atom. The van der Waals surface area contributed by atoms with E-state index in [1.807, 2.05) is 30.5 Å². The zero-order valence-corrected chi connectivity index (χ0v) is 22.8. The highest BCUT2D eigenvalue weighted by Gasteiger charge is 2.19. The summed E-state index contributed by atoms with van der Waals surface area (Å²) in [6.45, 7) is 0. The van der Waals surface area contributed by atoms with Crippen molar-refractivity contribution in [2.75, 3.05) is 0 Å². The molecule has 4 heterocycles. The Bertz CT molecular complexity index is 2400. The second-order valence-corrected chi connectivity index (χ2v) is 10.4. The molecule has 0 saturated heterocycles. The lowest BCUT2D eigenvalue weighted by Crippen LogP contribution is -2.00. The van der Waals surface area contributed by atoms with Crippen LogP contribution in [0.1, 0.15) is 0 Å². The number of hydrogen-bond acceptors (Lipinski definition) is 2. The van der Waals surface area contributed by atoms with E-state index in [1.165, 1.54) is 54.3 Å². The Labute approximate surface area is 241 Å². The van der Waals surface area contributed by atoms with Crippen molar-refractivity contribution in [1.82, 2.24) is 9.97 Å². The van der Waals surface area contributed by atoms with Crippen molar-refractivity contribution in [1.29, 1.82) is 0 Å². The summed E-state index contributed by atoms with van der Waals surface area (Å²) in [5.41, 5.74) is 8.11. The average molecular weight is 539 g/mol. The van der Waals surface area contributed by atoms with Crippen LogP contribution in [0.5, 0.6) is 0 Å². The maximum Gasteiger partial charge on any atom is 0.0817 e. The molecule has 6 aromatic carbocycles. The average Bonchev–Trinajstić information content (AvgIpc) is 3.83. The monoisotopic (exact) mass is 538 g/mol. The lowest BCUT2D eigenvalue weighted by molar-refractivity contribution is 1.36. The molecule has 4 heteroatoms. The molecule has 2 aliphatic heterocycles. The molecule has 0 fully saturated rings. The first-order chi connectivity index (χ1) is 20.8. The maximum atomic E-state index is 4.83. The van der Waals surface area contributed by atoms with E-state index in [4.69, 9.17) is 9.98 Å². The van der Waals surface area contributed by atoms with Crippen LogP contribution >= 0.6 is 0 Å². The highest BCUT2D eigenvalue weighted by atomic mass is 14.8. The van der Waals surface area contributed by atoms with Gasteiger partial charge in [0.25, 0.3) is 0 Å². The first-order valence-corrected chi connectivity index (χ1v) is 14.1. The van der Waals surface area contributed by atoms with Gasteiger partial charge >= 0.3 is 0 Å². The largest absolute Gasteiger partial charge is 0.361 e. The van der Waals surface area contributed by atoms with E-state index in [0.29, 0.717) is 0 Å². The van der Waals surface area contributed by atoms with Gasteiger partial charge < -0.3 is 9.97 Å². The molecule has 4 nitrogen and oxygen atoms in total. The number of aromatic nitrogens is 2. The first-order valence-electron chi connectivity index (χ1n) is 14.1. The molecule has 2 aliphatic rings. The summed E-state index contributed by atoms with van der Waals surface area (Å²) in [6.07, 6.45) is 1.95. The van der Waals surface area contributed by atoms with Crippen LogP contribution in [0.4, 0.5) is 11.4 Å². The summed E-state index contributed by atoms with van der Waals surface area (Å²) >= 11 is 0. The van der Waals surface area contributed by atoms with Gasteiger partial charge in [0, 0.05) is 55.1 Å². The summed E-state index contributed by atoms with van der Waals surface area (Å²) in [4.78, 5) is 16.0. The van der Waals surface area contributed by atoms with E-state index >= 15 is 0 Å². The zero-order valence-electron chi connectivity index (χ0n) is 22.8. The van der Waals surface area contributed by atoms with Crippen LogP contribution in [0.25, 0.3) is 43.8 Å². The van der Waals surface area contributed by atoms with Gasteiger partial charge in [-0.2, -0.15) is 0 Å². The number of H-pyrrole nitrogens is 2. The number of nitrogens with zero attached hydrogens (tertiary/aromatic N) is 2. The van der Waals surface area contributed by atoms with E-state index in [1.54, 1.807) is 0 Å². The van der Waals surface area contributed by atoms with Crippen LogP contribution in [0.3, 0.4) is 0 Å². The quantitative estimate of drug-likeness (QED) is 0.194. The number of nitrogens with one attached hydrogen (secondary N) is 2. The Kier molecular flexibility index (Phi) is 5.75. The fourth-order valence-electron chi connectivity index (χ4n) is 5.90. The van der Waals surface area contributed by atoms with Gasteiger partial charge in [-0.05, 0) is 53.9 Å². The molecule has 0 bridgehead atoms. The number of para-hydroxylation sites is 5. The number of benzene rings is 6. The van der Waals surface area contributed by atoms with Crippen molar-refractivity contribution in [3.63, 3.8) is 0 Å². The molecule has 10 rings (SSSR count). The molecule has 0 saturated carbocycles. The molecule has 0 radical (unpaired) electrons. The van der Waals surface area contributed by atoms with E-state index in [9.17, 15) is 0 Å². The lowest BCUT2D eigenvalue weighted by Gasteiger charge is -2.01. The van der Waals surface area contributed by atoms with Crippen molar-refractivity contribution in [2.24, 2.45) is 9.98 Å². The molecule has 0 atom stereocenters. The minimum atomic E-state index is 1.03. The molecule has 0 unspecified atom stereocenters. The highest BCUT2D eigenvalue weighted by molar-refractivity contribution is 6.07. The minimum absolute atomic E-state index is 1.03. The standard InChI is InChI=1S/C18H10N2.C12H9N.C8H7N/c1-3-7-14-11(5-1)12-9-10-16-17(18(12)20-14)13-6-2-4-8-15(13)19-16;1-3-7-11-9(5-1)10-6-2-4-8-12(10)13-11;1-2-4-8-7(3-1)5-6-9-8/h1-10H;1-8,13H;1-6,9H. The van der Waals surface area contributed by atoms with Gasteiger partial charge in [0.1, 0.15) is 0 Å². The normalized spacial score (nSPS) is 11.7. The van der Waals surface area contributed by atoms with Crippen LogP contribution < -0.4 is 10.7 Å². The molecular formula is C38H26N4. The summed E-state index contributed by atoms with van der Waals surface area (Å²) in [6, 6.07) is 47.9. The third-order valence-corrected chi connectivity index (χ3v) is 7.87. The second kappa shape index (κ2) is 10.0. The Morgan fingerprint density at radius 3 is 1.93 bits per heavy atom. The van der Waals surface area contributed by atoms with Crippen LogP contribution in [0.15, 0.2) is 156 Å². The summed E-state index contributed by atoms with van der Waals surface area (Å²) in [5, 5.41) is 8.40. The number of fused-ring (bicyclic) bond motifs is 10. The number of rotatable bonds is 0. The Morgan fingerprint density at radius 2 is 1.12 bits per heavy atom. The van der Waals surface area contributed by atoms with Crippen molar-refractivity contribution in [3.8, 4) is 11.1 Å². The van der Waals surface area contributed by atoms with Crippen molar-refractivity contribution in [2.45, 2.75) is 0 Å². The van der Waals surface area contributed by atoms with Gasteiger partial charge in [0.05, 0.1) is 22.1 Å². The van der Waals surface area contributed by atoms with Crippen LogP contribution in [0.2, 0.25) is 0 Å². The van der Waals surface area contributed by atoms with Gasteiger partial charge in [-0.3, -0.25) is 0 Å². The van der Waals surface area contributed by atoms with Gasteiger partial charge in [-0.1, -0.05) is 91.0 Å². The Balaban J connectivity index is 0.000000104. The lowest BCUT2D eigenvalue weighted by atomic mass is 10.0. The molecule has 0 aliphatic carbocycles. The van der Waals surface area contributed by atoms with Crippen LogP contribution in [-0.2, 0) is 0 Å². The summed E-state index contributed by atoms with van der Waals surface area (Å²) < 4.78 is 0. The maximum absolute atomic E-state index is 4.83. The van der Waals surface area contributed by atoms with Gasteiger partial charge in [0.15, 0.2) is 0 Å². The van der Waals surface area contributed by atoms with E-state index in [-0.39, 0.29) is 0 Å².